The molecule has 0 spiro atoms. The summed E-state index contributed by atoms with van der Waals surface area (Å²) in [6, 6.07) is 0.252. The Morgan fingerprint density at radius 1 is 1.29 bits per heavy atom. The first-order valence-corrected chi connectivity index (χ1v) is 6.57. The first-order chi connectivity index (χ1) is 8.10. The zero-order valence-corrected chi connectivity index (χ0v) is 11.3. The van der Waals surface area contributed by atoms with Crippen molar-refractivity contribution in [3.63, 3.8) is 0 Å². The van der Waals surface area contributed by atoms with Crippen LogP contribution in [0.5, 0.6) is 0 Å². The fourth-order valence-corrected chi connectivity index (χ4v) is 2.38. The van der Waals surface area contributed by atoms with Gasteiger partial charge in [-0.1, -0.05) is 13.8 Å². The Balaban J connectivity index is 2.40. The summed E-state index contributed by atoms with van der Waals surface area (Å²) in [7, 11) is 0. The fourth-order valence-electron chi connectivity index (χ4n) is 2.38. The number of hydrogen-bond donors (Lipinski definition) is 2. The molecule has 0 aromatic carbocycles. The van der Waals surface area contributed by atoms with Gasteiger partial charge in [-0.25, -0.2) is 5.84 Å². The van der Waals surface area contributed by atoms with Crippen molar-refractivity contribution in [1.29, 1.82) is 0 Å². The van der Waals surface area contributed by atoms with E-state index in [0.29, 0.717) is 0 Å². The Hall–Kier alpha value is -0.650. The molecule has 5 heteroatoms. The molecule has 1 heterocycles. The van der Waals surface area contributed by atoms with E-state index in [1.807, 2.05) is 6.92 Å². The summed E-state index contributed by atoms with van der Waals surface area (Å²) in [6.07, 6.45) is 1.21. The monoisotopic (exact) mass is 242 g/mol. The SMILES string of the molecule is CCCN1CCN(C(C)C(C)C(=O)NN)CC1. The number of amides is 1. The summed E-state index contributed by atoms with van der Waals surface area (Å²) < 4.78 is 0. The summed E-state index contributed by atoms with van der Waals surface area (Å²) in [5.41, 5.74) is 2.24. The van der Waals surface area contributed by atoms with E-state index in [2.05, 4.69) is 29.1 Å². The minimum atomic E-state index is -0.0755. The summed E-state index contributed by atoms with van der Waals surface area (Å²) in [5.74, 6) is 5.04. The molecule has 0 aliphatic carbocycles. The molecular formula is C12H26N4O. The first kappa shape index (κ1) is 14.4. The minimum Gasteiger partial charge on any atom is -0.301 e. The Kier molecular flexibility index (Phi) is 5.88. The second-order valence-electron chi connectivity index (χ2n) is 4.92. The highest BCUT2D eigenvalue weighted by Crippen LogP contribution is 2.14. The molecule has 1 saturated heterocycles. The lowest BCUT2D eigenvalue weighted by atomic mass is 10.0. The number of nitrogens with two attached hydrogens (primary N) is 1. The Bertz CT molecular complexity index is 239. The Morgan fingerprint density at radius 2 is 1.88 bits per heavy atom. The second-order valence-corrected chi connectivity index (χ2v) is 4.92. The molecule has 1 amide bonds. The van der Waals surface area contributed by atoms with Gasteiger partial charge in [0.05, 0.1) is 5.92 Å². The van der Waals surface area contributed by atoms with E-state index in [1.54, 1.807) is 0 Å². The van der Waals surface area contributed by atoms with Gasteiger partial charge in [-0.15, -0.1) is 0 Å². The predicted octanol–water partition coefficient (Wildman–Crippen LogP) is 0.0285. The van der Waals surface area contributed by atoms with Crippen LogP contribution in [0.15, 0.2) is 0 Å². The highest BCUT2D eigenvalue weighted by Gasteiger charge is 2.27. The average molecular weight is 242 g/mol. The maximum atomic E-state index is 11.5. The highest BCUT2D eigenvalue weighted by molar-refractivity contribution is 5.78. The van der Waals surface area contributed by atoms with Gasteiger partial charge in [-0.3, -0.25) is 15.1 Å². The number of carbonyl (C=O) groups excluding carboxylic acids is 1. The smallest absolute Gasteiger partial charge is 0.238 e. The van der Waals surface area contributed by atoms with E-state index in [4.69, 9.17) is 5.84 Å². The van der Waals surface area contributed by atoms with Crippen LogP contribution in [0, 0.1) is 5.92 Å². The molecule has 1 aliphatic heterocycles. The average Bonchev–Trinajstić information content (AvgIpc) is 2.37. The number of hydrazine groups is 1. The van der Waals surface area contributed by atoms with Crippen molar-refractivity contribution in [2.24, 2.45) is 11.8 Å². The second kappa shape index (κ2) is 6.93. The van der Waals surface area contributed by atoms with Crippen LogP contribution >= 0.6 is 0 Å². The number of rotatable bonds is 5. The molecular weight excluding hydrogens is 216 g/mol. The third-order valence-corrected chi connectivity index (χ3v) is 3.80. The molecule has 0 aromatic rings. The van der Waals surface area contributed by atoms with Crippen molar-refractivity contribution in [1.82, 2.24) is 15.2 Å². The lowest BCUT2D eigenvalue weighted by Crippen LogP contribution is -2.53. The predicted molar refractivity (Wildman–Crippen MR) is 69.3 cm³/mol. The van der Waals surface area contributed by atoms with Crippen molar-refractivity contribution in [2.75, 3.05) is 32.7 Å². The van der Waals surface area contributed by atoms with E-state index < -0.39 is 0 Å². The van der Waals surface area contributed by atoms with Gasteiger partial charge in [-0.2, -0.15) is 0 Å². The zero-order valence-electron chi connectivity index (χ0n) is 11.3. The Morgan fingerprint density at radius 3 is 2.35 bits per heavy atom. The van der Waals surface area contributed by atoms with Crippen molar-refractivity contribution >= 4 is 5.91 Å². The van der Waals surface area contributed by atoms with Gasteiger partial charge in [0.15, 0.2) is 0 Å². The molecule has 2 unspecified atom stereocenters. The summed E-state index contributed by atoms with van der Waals surface area (Å²) in [6.45, 7) is 11.7. The van der Waals surface area contributed by atoms with E-state index in [9.17, 15) is 4.79 Å². The van der Waals surface area contributed by atoms with Crippen molar-refractivity contribution < 1.29 is 4.79 Å². The molecule has 1 rings (SSSR count). The molecule has 1 fully saturated rings. The summed E-state index contributed by atoms with van der Waals surface area (Å²) in [5, 5.41) is 0. The lowest BCUT2D eigenvalue weighted by Gasteiger charge is -2.39. The molecule has 17 heavy (non-hydrogen) atoms. The van der Waals surface area contributed by atoms with Crippen LogP contribution in [0.25, 0.3) is 0 Å². The summed E-state index contributed by atoms with van der Waals surface area (Å²) >= 11 is 0. The van der Waals surface area contributed by atoms with Crippen molar-refractivity contribution in [3.05, 3.63) is 0 Å². The topological polar surface area (TPSA) is 61.6 Å². The van der Waals surface area contributed by atoms with Gasteiger partial charge >= 0.3 is 0 Å². The zero-order chi connectivity index (χ0) is 12.8. The van der Waals surface area contributed by atoms with Gasteiger partial charge < -0.3 is 4.90 Å². The molecule has 3 N–H and O–H groups in total. The molecule has 0 bridgehead atoms. The van der Waals surface area contributed by atoms with E-state index in [-0.39, 0.29) is 17.9 Å². The third kappa shape index (κ3) is 3.94. The van der Waals surface area contributed by atoms with Gasteiger partial charge in [0.25, 0.3) is 0 Å². The molecule has 0 aromatic heterocycles. The molecule has 0 saturated carbocycles. The maximum Gasteiger partial charge on any atom is 0.238 e. The fraction of sp³-hybridized carbons (Fsp3) is 0.917. The normalized spacial score (nSPS) is 22.1. The number of nitrogens with zero attached hydrogens (tertiary/aromatic N) is 2. The van der Waals surface area contributed by atoms with Gasteiger partial charge in [0, 0.05) is 32.2 Å². The largest absolute Gasteiger partial charge is 0.301 e. The quantitative estimate of drug-likeness (QED) is 0.406. The first-order valence-electron chi connectivity index (χ1n) is 6.57. The van der Waals surface area contributed by atoms with Crippen LogP contribution in [0.2, 0.25) is 0 Å². The van der Waals surface area contributed by atoms with Crippen molar-refractivity contribution in [3.8, 4) is 0 Å². The van der Waals surface area contributed by atoms with E-state index in [1.165, 1.54) is 13.0 Å². The molecule has 100 valence electrons. The van der Waals surface area contributed by atoms with Crippen LogP contribution in [-0.4, -0.2) is 54.5 Å². The number of nitrogens with one attached hydrogen (secondary N) is 1. The molecule has 2 atom stereocenters. The van der Waals surface area contributed by atoms with Gasteiger partial charge in [0.1, 0.15) is 0 Å². The Labute approximate surface area is 104 Å². The number of carbonyl (C=O) groups is 1. The lowest BCUT2D eigenvalue weighted by molar-refractivity contribution is -0.126. The summed E-state index contributed by atoms with van der Waals surface area (Å²) in [4.78, 5) is 16.4. The van der Waals surface area contributed by atoms with Crippen LogP contribution in [0.1, 0.15) is 27.2 Å². The minimum absolute atomic E-state index is 0.0577. The number of hydrogen-bond acceptors (Lipinski definition) is 4. The maximum absolute atomic E-state index is 11.5. The molecule has 5 nitrogen and oxygen atoms in total. The number of piperazine rings is 1. The van der Waals surface area contributed by atoms with E-state index in [0.717, 1.165) is 26.2 Å². The van der Waals surface area contributed by atoms with E-state index >= 15 is 0 Å². The van der Waals surface area contributed by atoms with Crippen LogP contribution < -0.4 is 11.3 Å². The van der Waals surface area contributed by atoms with Crippen LogP contribution in [0.4, 0.5) is 0 Å². The van der Waals surface area contributed by atoms with Crippen LogP contribution in [-0.2, 0) is 4.79 Å². The third-order valence-electron chi connectivity index (χ3n) is 3.80. The molecule has 1 aliphatic rings. The molecule has 0 radical (unpaired) electrons. The van der Waals surface area contributed by atoms with Gasteiger partial charge in [0.2, 0.25) is 5.91 Å². The standard InChI is InChI=1S/C12H26N4O/c1-4-5-15-6-8-16(9-7-15)11(3)10(2)12(17)14-13/h10-11H,4-9,13H2,1-3H3,(H,14,17). The highest BCUT2D eigenvalue weighted by atomic mass is 16.2. The van der Waals surface area contributed by atoms with Gasteiger partial charge in [-0.05, 0) is 19.9 Å². The van der Waals surface area contributed by atoms with Crippen LogP contribution in [0.3, 0.4) is 0 Å². The van der Waals surface area contributed by atoms with Crippen molar-refractivity contribution in [2.45, 2.75) is 33.2 Å².